The molecule has 30 heavy (non-hydrogen) atoms. The van der Waals surface area contributed by atoms with E-state index < -0.39 is 11.4 Å². The predicted molar refractivity (Wildman–Crippen MR) is 119 cm³/mol. The standard InChI is InChI=1S/C22H25N5O2S/c1-22(2,20(28)29)15-9-12-27(13-10-15)21-24-14-17(30-21)16-6-5-8-19(25-16)26-18-7-3-4-11-23-18/h3-8,11,14-15H,9-10,12-13H2,1-2H3,(H,28,29)(H,23,25,26). The molecule has 1 fully saturated rings. The molecule has 8 heteroatoms. The fraction of sp³-hybridized carbons (Fsp3) is 0.364. The van der Waals surface area contributed by atoms with E-state index in [0.717, 1.165) is 53.3 Å². The second-order valence-corrected chi connectivity index (χ2v) is 9.05. The third kappa shape index (κ3) is 4.28. The molecule has 0 unspecified atom stereocenters. The summed E-state index contributed by atoms with van der Waals surface area (Å²) in [5.41, 5.74) is 0.173. The summed E-state index contributed by atoms with van der Waals surface area (Å²) in [5, 5.41) is 13.7. The lowest BCUT2D eigenvalue weighted by atomic mass is 9.74. The van der Waals surface area contributed by atoms with Crippen molar-refractivity contribution in [2.75, 3.05) is 23.3 Å². The van der Waals surface area contributed by atoms with Crippen molar-refractivity contribution >= 4 is 34.1 Å². The van der Waals surface area contributed by atoms with Crippen LogP contribution in [-0.2, 0) is 4.79 Å². The number of rotatable bonds is 6. The summed E-state index contributed by atoms with van der Waals surface area (Å²) in [6.45, 7) is 5.30. The molecule has 2 N–H and O–H groups in total. The first kappa shape index (κ1) is 20.3. The van der Waals surface area contributed by atoms with Crippen LogP contribution in [0.4, 0.5) is 16.8 Å². The molecule has 0 saturated carbocycles. The van der Waals surface area contributed by atoms with E-state index in [1.807, 2.05) is 56.4 Å². The zero-order valence-corrected chi connectivity index (χ0v) is 17.9. The molecule has 3 aromatic heterocycles. The summed E-state index contributed by atoms with van der Waals surface area (Å²) in [6.07, 6.45) is 5.31. The van der Waals surface area contributed by atoms with Crippen LogP contribution in [0.3, 0.4) is 0 Å². The van der Waals surface area contributed by atoms with Gasteiger partial charge in [0.1, 0.15) is 11.6 Å². The monoisotopic (exact) mass is 423 g/mol. The van der Waals surface area contributed by atoms with Crippen LogP contribution in [0.2, 0.25) is 0 Å². The molecule has 4 rings (SSSR count). The van der Waals surface area contributed by atoms with E-state index in [0.29, 0.717) is 0 Å². The second-order valence-electron chi connectivity index (χ2n) is 8.04. The Kier molecular flexibility index (Phi) is 5.67. The average Bonchev–Trinajstić information content (AvgIpc) is 3.25. The van der Waals surface area contributed by atoms with Crippen LogP contribution in [0.15, 0.2) is 48.8 Å². The van der Waals surface area contributed by atoms with Crippen molar-refractivity contribution in [1.29, 1.82) is 0 Å². The molecule has 0 aromatic carbocycles. The summed E-state index contributed by atoms with van der Waals surface area (Å²) in [4.78, 5) is 28.4. The largest absolute Gasteiger partial charge is 0.481 e. The third-order valence-electron chi connectivity index (χ3n) is 5.75. The molecule has 1 aliphatic rings. The highest BCUT2D eigenvalue weighted by molar-refractivity contribution is 7.18. The number of carbonyl (C=O) groups is 1. The summed E-state index contributed by atoms with van der Waals surface area (Å²) in [7, 11) is 0. The zero-order chi connectivity index (χ0) is 21.1. The van der Waals surface area contributed by atoms with Crippen LogP contribution in [0.25, 0.3) is 10.6 Å². The molecule has 0 amide bonds. The van der Waals surface area contributed by atoms with Crippen LogP contribution in [0.5, 0.6) is 0 Å². The van der Waals surface area contributed by atoms with Crippen molar-refractivity contribution in [2.45, 2.75) is 26.7 Å². The first-order valence-electron chi connectivity index (χ1n) is 10.0. The maximum Gasteiger partial charge on any atom is 0.309 e. The molecule has 1 aliphatic heterocycles. The van der Waals surface area contributed by atoms with E-state index in [4.69, 9.17) is 4.98 Å². The van der Waals surface area contributed by atoms with Gasteiger partial charge in [0.05, 0.1) is 16.0 Å². The SMILES string of the molecule is CC(C)(C(=O)O)C1CCN(c2ncc(-c3cccc(Nc4ccccn4)n3)s2)CC1. The molecule has 0 atom stereocenters. The van der Waals surface area contributed by atoms with Gasteiger partial charge in [-0.2, -0.15) is 0 Å². The lowest BCUT2D eigenvalue weighted by Crippen LogP contribution is -2.42. The number of hydrogen-bond donors (Lipinski definition) is 2. The van der Waals surface area contributed by atoms with Gasteiger partial charge in [0, 0.05) is 25.5 Å². The van der Waals surface area contributed by atoms with Gasteiger partial charge >= 0.3 is 5.97 Å². The second kappa shape index (κ2) is 8.39. The van der Waals surface area contributed by atoms with Crippen LogP contribution < -0.4 is 10.2 Å². The minimum atomic E-state index is -0.720. The van der Waals surface area contributed by atoms with Crippen molar-refractivity contribution in [1.82, 2.24) is 15.0 Å². The number of hydrogen-bond acceptors (Lipinski definition) is 7. The van der Waals surface area contributed by atoms with Gasteiger partial charge in [0.2, 0.25) is 0 Å². The fourth-order valence-corrected chi connectivity index (χ4v) is 4.64. The minimum Gasteiger partial charge on any atom is -0.481 e. The minimum absolute atomic E-state index is 0.182. The molecule has 0 spiro atoms. The van der Waals surface area contributed by atoms with Gasteiger partial charge in [-0.05, 0) is 56.9 Å². The highest BCUT2D eigenvalue weighted by atomic mass is 32.1. The van der Waals surface area contributed by atoms with E-state index in [1.54, 1.807) is 17.5 Å². The maximum atomic E-state index is 11.5. The number of thiazole rings is 1. The van der Waals surface area contributed by atoms with Gasteiger partial charge in [-0.1, -0.05) is 23.5 Å². The van der Waals surface area contributed by atoms with Gasteiger partial charge in [0.15, 0.2) is 5.13 Å². The Balaban J connectivity index is 1.44. The number of nitrogens with one attached hydrogen (secondary N) is 1. The highest BCUT2D eigenvalue weighted by Crippen LogP contribution is 2.38. The van der Waals surface area contributed by atoms with Crippen molar-refractivity contribution in [3.8, 4) is 10.6 Å². The molecular weight excluding hydrogens is 398 g/mol. The van der Waals surface area contributed by atoms with E-state index in [9.17, 15) is 9.90 Å². The van der Waals surface area contributed by atoms with Gasteiger partial charge < -0.3 is 15.3 Å². The topological polar surface area (TPSA) is 91.2 Å². The highest BCUT2D eigenvalue weighted by Gasteiger charge is 2.38. The van der Waals surface area contributed by atoms with Crippen molar-refractivity contribution in [3.05, 3.63) is 48.8 Å². The predicted octanol–water partition coefficient (Wildman–Crippen LogP) is 4.67. The normalized spacial score (nSPS) is 15.2. The van der Waals surface area contributed by atoms with E-state index >= 15 is 0 Å². The number of nitrogens with zero attached hydrogens (tertiary/aromatic N) is 4. The lowest BCUT2D eigenvalue weighted by Gasteiger charge is -2.38. The van der Waals surface area contributed by atoms with Crippen molar-refractivity contribution in [2.24, 2.45) is 11.3 Å². The molecule has 0 bridgehead atoms. The Morgan fingerprint density at radius 3 is 2.60 bits per heavy atom. The van der Waals surface area contributed by atoms with E-state index in [2.05, 4.69) is 20.2 Å². The molecule has 1 saturated heterocycles. The van der Waals surface area contributed by atoms with Crippen LogP contribution in [0, 0.1) is 11.3 Å². The number of carboxylic acid groups (broad SMARTS) is 1. The fourth-order valence-electron chi connectivity index (χ4n) is 3.71. The molecule has 0 radical (unpaired) electrons. The number of carboxylic acids is 1. The number of anilines is 3. The summed E-state index contributed by atoms with van der Waals surface area (Å²) in [6, 6.07) is 11.5. The Morgan fingerprint density at radius 1 is 1.13 bits per heavy atom. The van der Waals surface area contributed by atoms with Gasteiger partial charge in [0.25, 0.3) is 0 Å². The Hall–Kier alpha value is -3.00. The maximum absolute atomic E-state index is 11.5. The lowest BCUT2D eigenvalue weighted by molar-refractivity contribution is -0.150. The van der Waals surface area contributed by atoms with Crippen LogP contribution in [-0.4, -0.2) is 39.1 Å². The summed E-state index contributed by atoms with van der Waals surface area (Å²) < 4.78 is 0. The number of aliphatic carboxylic acids is 1. The van der Waals surface area contributed by atoms with Gasteiger partial charge in [-0.3, -0.25) is 4.79 Å². The Morgan fingerprint density at radius 2 is 1.90 bits per heavy atom. The number of pyridine rings is 2. The van der Waals surface area contributed by atoms with Crippen LogP contribution in [0.1, 0.15) is 26.7 Å². The molecule has 3 aromatic rings. The molecule has 7 nitrogen and oxygen atoms in total. The average molecular weight is 424 g/mol. The quantitative estimate of drug-likeness (QED) is 0.595. The number of aromatic nitrogens is 3. The molecule has 4 heterocycles. The first-order chi connectivity index (χ1) is 14.4. The Labute approximate surface area is 179 Å². The summed E-state index contributed by atoms with van der Waals surface area (Å²) >= 11 is 1.62. The van der Waals surface area contributed by atoms with Gasteiger partial charge in [-0.15, -0.1) is 0 Å². The van der Waals surface area contributed by atoms with Crippen molar-refractivity contribution in [3.63, 3.8) is 0 Å². The third-order valence-corrected chi connectivity index (χ3v) is 6.83. The molecular formula is C22H25N5O2S. The first-order valence-corrected chi connectivity index (χ1v) is 10.8. The number of piperidine rings is 1. The van der Waals surface area contributed by atoms with E-state index in [1.165, 1.54) is 0 Å². The Bertz CT molecular complexity index is 1010. The van der Waals surface area contributed by atoms with Gasteiger partial charge in [-0.25, -0.2) is 15.0 Å². The molecule has 156 valence electrons. The van der Waals surface area contributed by atoms with Crippen LogP contribution >= 0.6 is 11.3 Å². The zero-order valence-electron chi connectivity index (χ0n) is 17.1. The van der Waals surface area contributed by atoms with Crippen molar-refractivity contribution < 1.29 is 9.90 Å². The molecule has 0 aliphatic carbocycles. The summed E-state index contributed by atoms with van der Waals surface area (Å²) in [5.74, 6) is 0.946. The smallest absolute Gasteiger partial charge is 0.309 e. The van der Waals surface area contributed by atoms with E-state index in [-0.39, 0.29) is 5.92 Å².